The zero-order chi connectivity index (χ0) is 16.0. The minimum absolute atomic E-state index is 0.564. The van der Waals surface area contributed by atoms with Gasteiger partial charge < -0.3 is 4.74 Å². The van der Waals surface area contributed by atoms with Crippen molar-refractivity contribution in [2.45, 2.75) is 6.92 Å². The number of thiazole rings is 1. The summed E-state index contributed by atoms with van der Waals surface area (Å²) in [7, 11) is 0. The third-order valence-electron chi connectivity index (χ3n) is 3.39. The van der Waals surface area contributed by atoms with Crippen molar-refractivity contribution in [2.24, 2.45) is 0 Å². The van der Waals surface area contributed by atoms with Gasteiger partial charge in [0.15, 0.2) is 0 Å². The molecule has 4 aromatic rings. The summed E-state index contributed by atoms with van der Waals surface area (Å²) in [5, 5.41) is 2.73. The Hall–Kier alpha value is -1.88. The molecule has 4 rings (SSSR count). The van der Waals surface area contributed by atoms with Gasteiger partial charge in [0.25, 0.3) is 5.19 Å². The topological polar surface area (TPSA) is 35.0 Å². The van der Waals surface area contributed by atoms with Crippen molar-refractivity contribution < 1.29 is 4.74 Å². The van der Waals surface area contributed by atoms with E-state index in [0.29, 0.717) is 21.0 Å². The van der Waals surface area contributed by atoms with E-state index in [-0.39, 0.29) is 0 Å². The molecule has 0 unspecified atom stereocenters. The molecule has 2 aromatic carbocycles. The summed E-state index contributed by atoms with van der Waals surface area (Å²) in [6, 6.07) is 13.1. The minimum atomic E-state index is 0.564. The van der Waals surface area contributed by atoms with Crippen LogP contribution in [0.15, 0.2) is 42.5 Å². The van der Waals surface area contributed by atoms with E-state index in [1.807, 2.05) is 49.4 Å². The molecule has 0 aliphatic rings. The predicted octanol–water partition coefficient (Wildman–Crippen LogP) is 6.25. The van der Waals surface area contributed by atoms with Crippen LogP contribution in [-0.2, 0) is 0 Å². The van der Waals surface area contributed by atoms with Gasteiger partial charge in [-0.05, 0) is 43.3 Å². The van der Waals surface area contributed by atoms with Crippen LogP contribution in [0.5, 0.6) is 10.9 Å². The Morgan fingerprint density at radius 3 is 2.57 bits per heavy atom. The van der Waals surface area contributed by atoms with Crippen LogP contribution in [0.3, 0.4) is 0 Å². The standard InChI is InChI=1S/C17H10Cl2N2OS/c1-9-6-15(12-7-10(18)2-4-13(12)20-9)22-17-21-14-8-11(19)3-5-16(14)23-17/h2-8H,1H3. The molecule has 3 nitrogen and oxygen atoms in total. The average molecular weight is 361 g/mol. The number of pyridine rings is 1. The summed E-state index contributed by atoms with van der Waals surface area (Å²) in [5.41, 5.74) is 2.54. The fourth-order valence-electron chi connectivity index (χ4n) is 2.39. The van der Waals surface area contributed by atoms with Crippen molar-refractivity contribution in [1.82, 2.24) is 9.97 Å². The number of benzene rings is 2. The lowest BCUT2D eigenvalue weighted by molar-refractivity contribution is 0.485. The molecular formula is C17H10Cl2N2OS. The van der Waals surface area contributed by atoms with E-state index in [1.54, 1.807) is 0 Å². The number of hydrogen-bond acceptors (Lipinski definition) is 4. The third kappa shape index (κ3) is 2.85. The van der Waals surface area contributed by atoms with Crippen LogP contribution < -0.4 is 4.74 Å². The molecule has 0 fully saturated rings. The lowest BCUT2D eigenvalue weighted by atomic mass is 10.2. The largest absolute Gasteiger partial charge is 0.430 e. The highest BCUT2D eigenvalue weighted by Crippen LogP contribution is 2.36. The van der Waals surface area contributed by atoms with Crippen molar-refractivity contribution in [3.05, 3.63) is 58.2 Å². The van der Waals surface area contributed by atoms with Crippen molar-refractivity contribution >= 4 is 55.7 Å². The highest BCUT2D eigenvalue weighted by atomic mass is 35.5. The first-order valence-corrected chi connectivity index (χ1v) is 8.46. The van der Waals surface area contributed by atoms with Crippen LogP contribution in [0.1, 0.15) is 5.69 Å². The summed E-state index contributed by atoms with van der Waals surface area (Å²) < 4.78 is 7.04. The number of aromatic nitrogens is 2. The Balaban J connectivity index is 1.83. The Kier molecular flexibility index (Phi) is 3.60. The van der Waals surface area contributed by atoms with Crippen molar-refractivity contribution in [3.63, 3.8) is 0 Å². The first-order valence-electron chi connectivity index (χ1n) is 6.89. The lowest BCUT2D eigenvalue weighted by Crippen LogP contribution is -1.90. The highest BCUT2D eigenvalue weighted by Gasteiger charge is 2.11. The molecule has 2 aromatic heterocycles. The Labute approximate surface area is 146 Å². The van der Waals surface area contributed by atoms with Gasteiger partial charge in [-0.15, -0.1) is 0 Å². The molecule has 2 heterocycles. The normalized spacial score (nSPS) is 11.3. The maximum atomic E-state index is 6.10. The van der Waals surface area contributed by atoms with Gasteiger partial charge in [-0.1, -0.05) is 34.5 Å². The fraction of sp³-hybridized carbons (Fsp3) is 0.0588. The van der Waals surface area contributed by atoms with E-state index in [9.17, 15) is 0 Å². The van der Waals surface area contributed by atoms with E-state index in [4.69, 9.17) is 27.9 Å². The SMILES string of the molecule is Cc1cc(Oc2nc3cc(Cl)ccc3s2)c2cc(Cl)ccc2n1. The second-order valence-corrected chi connectivity index (χ2v) is 6.98. The van der Waals surface area contributed by atoms with Crippen LogP contribution in [-0.4, -0.2) is 9.97 Å². The van der Waals surface area contributed by atoms with Gasteiger partial charge in [-0.25, -0.2) is 4.98 Å². The van der Waals surface area contributed by atoms with E-state index < -0.39 is 0 Å². The van der Waals surface area contributed by atoms with Crippen LogP contribution >= 0.6 is 34.5 Å². The number of nitrogens with zero attached hydrogens (tertiary/aromatic N) is 2. The number of rotatable bonds is 2. The summed E-state index contributed by atoms with van der Waals surface area (Å²) in [4.78, 5) is 8.99. The quantitative estimate of drug-likeness (QED) is 0.423. The predicted molar refractivity (Wildman–Crippen MR) is 96.2 cm³/mol. The van der Waals surface area contributed by atoms with Gasteiger partial charge in [0.2, 0.25) is 0 Å². The van der Waals surface area contributed by atoms with Crippen LogP contribution in [0.25, 0.3) is 21.1 Å². The highest BCUT2D eigenvalue weighted by molar-refractivity contribution is 7.20. The lowest BCUT2D eigenvalue weighted by Gasteiger charge is -2.07. The van der Waals surface area contributed by atoms with E-state index in [0.717, 1.165) is 26.8 Å². The summed E-state index contributed by atoms with van der Waals surface area (Å²) in [6.45, 7) is 1.93. The summed E-state index contributed by atoms with van der Waals surface area (Å²) >= 11 is 13.6. The number of aryl methyl sites for hydroxylation is 1. The van der Waals surface area contributed by atoms with Gasteiger partial charge >= 0.3 is 0 Å². The second-order valence-electron chi connectivity index (χ2n) is 5.12. The van der Waals surface area contributed by atoms with Gasteiger partial charge in [0, 0.05) is 27.2 Å². The molecule has 0 saturated heterocycles. The molecule has 0 N–H and O–H groups in total. The molecule has 0 bridgehead atoms. The van der Waals surface area contributed by atoms with Crippen LogP contribution in [0, 0.1) is 6.92 Å². The Morgan fingerprint density at radius 2 is 1.70 bits per heavy atom. The van der Waals surface area contributed by atoms with Gasteiger partial charge in [-0.3, -0.25) is 4.98 Å². The molecule has 0 spiro atoms. The molecule has 114 valence electrons. The fourth-order valence-corrected chi connectivity index (χ4v) is 3.54. The summed E-state index contributed by atoms with van der Waals surface area (Å²) in [6.07, 6.45) is 0. The Morgan fingerprint density at radius 1 is 0.913 bits per heavy atom. The van der Waals surface area contributed by atoms with E-state index in [1.165, 1.54) is 11.3 Å². The van der Waals surface area contributed by atoms with Crippen LogP contribution in [0.4, 0.5) is 0 Å². The first-order chi connectivity index (χ1) is 11.1. The zero-order valence-electron chi connectivity index (χ0n) is 12.0. The Bertz CT molecular complexity index is 1050. The van der Waals surface area contributed by atoms with Crippen molar-refractivity contribution in [3.8, 4) is 10.9 Å². The molecule has 0 atom stereocenters. The first kappa shape index (κ1) is 14.7. The number of hydrogen-bond donors (Lipinski definition) is 0. The number of halogens is 2. The molecule has 23 heavy (non-hydrogen) atoms. The zero-order valence-corrected chi connectivity index (χ0v) is 14.3. The molecule has 0 amide bonds. The number of fused-ring (bicyclic) bond motifs is 2. The van der Waals surface area contributed by atoms with Gasteiger partial charge in [-0.2, -0.15) is 0 Å². The maximum Gasteiger partial charge on any atom is 0.279 e. The molecule has 0 radical (unpaired) electrons. The van der Waals surface area contributed by atoms with Crippen molar-refractivity contribution in [2.75, 3.05) is 0 Å². The molecular weight excluding hydrogens is 351 g/mol. The van der Waals surface area contributed by atoms with Crippen LogP contribution in [0.2, 0.25) is 10.0 Å². The maximum absolute atomic E-state index is 6.10. The second kappa shape index (κ2) is 5.64. The average Bonchev–Trinajstić information content (AvgIpc) is 2.89. The summed E-state index contributed by atoms with van der Waals surface area (Å²) in [5.74, 6) is 0.695. The molecule has 0 aliphatic heterocycles. The third-order valence-corrected chi connectivity index (χ3v) is 4.77. The van der Waals surface area contributed by atoms with Gasteiger partial charge in [0.05, 0.1) is 15.7 Å². The minimum Gasteiger partial charge on any atom is -0.430 e. The monoisotopic (exact) mass is 360 g/mol. The number of ether oxygens (including phenoxy) is 1. The molecule has 0 aliphatic carbocycles. The smallest absolute Gasteiger partial charge is 0.279 e. The molecule has 0 saturated carbocycles. The van der Waals surface area contributed by atoms with E-state index in [2.05, 4.69) is 9.97 Å². The van der Waals surface area contributed by atoms with E-state index >= 15 is 0 Å². The van der Waals surface area contributed by atoms with Gasteiger partial charge in [0.1, 0.15) is 5.75 Å². The van der Waals surface area contributed by atoms with Crippen molar-refractivity contribution in [1.29, 1.82) is 0 Å². The molecule has 6 heteroatoms.